The van der Waals surface area contributed by atoms with Crippen LogP contribution in [0.1, 0.15) is 49.4 Å². The number of carbonyl (C=O) groups is 1. The number of hydrogen-bond donors (Lipinski definition) is 1. The summed E-state index contributed by atoms with van der Waals surface area (Å²) in [6.07, 6.45) is 4.73. The summed E-state index contributed by atoms with van der Waals surface area (Å²) in [5, 5.41) is 9.20. The molecule has 0 radical (unpaired) electrons. The van der Waals surface area contributed by atoms with Gasteiger partial charge in [0.1, 0.15) is 6.10 Å². The summed E-state index contributed by atoms with van der Waals surface area (Å²) in [7, 11) is 0. The van der Waals surface area contributed by atoms with Crippen molar-refractivity contribution in [3.63, 3.8) is 0 Å². The maximum atomic E-state index is 12.0. The van der Waals surface area contributed by atoms with E-state index in [2.05, 4.69) is 13.5 Å². The van der Waals surface area contributed by atoms with Gasteiger partial charge in [-0.05, 0) is 30.5 Å². The van der Waals surface area contributed by atoms with E-state index >= 15 is 0 Å². The fraction of sp³-hybridized carbons (Fsp3) is 0.471. The molecule has 1 atom stereocenters. The maximum Gasteiger partial charge on any atom is 0.338 e. The number of aliphatic hydroxyl groups is 1. The summed E-state index contributed by atoms with van der Waals surface area (Å²) < 4.78 is 5.47. The highest BCUT2D eigenvalue weighted by atomic mass is 16.5. The van der Waals surface area contributed by atoms with Crippen molar-refractivity contribution in [2.75, 3.05) is 6.61 Å². The first-order valence-electron chi connectivity index (χ1n) is 7.23. The highest BCUT2D eigenvalue weighted by molar-refractivity contribution is 5.89. The monoisotopic (exact) mass is 276 g/mol. The zero-order valence-corrected chi connectivity index (χ0v) is 12.2. The van der Waals surface area contributed by atoms with Gasteiger partial charge in [-0.1, -0.05) is 51.0 Å². The van der Waals surface area contributed by atoms with E-state index in [1.165, 1.54) is 6.42 Å². The van der Waals surface area contributed by atoms with Crippen LogP contribution in [-0.4, -0.2) is 23.8 Å². The van der Waals surface area contributed by atoms with Gasteiger partial charge in [0.25, 0.3) is 0 Å². The van der Waals surface area contributed by atoms with E-state index in [-0.39, 0.29) is 12.6 Å². The summed E-state index contributed by atoms with van der Waals surface area (Å²) in [6.45, 7) is 5.79. The molecule has 3 heteroatoms. The van der Waals surface area contributed by atoms with E-state index in [9.17, 15) is 9.90 Å². The van der Waals surface area contributed by atoms with Gasteiger partial charge in [0, 0.05) is 0 Å². The second-order valence-corrected chi connectivity index (χ2v) is 4.93. The van der Waals surface area contributed by atoms with Gasteiger partial charge < -0.3 is 9.84 Å². The van der Waals surface area contributed by atoms with Crippen molar-refractivity contribution in [1.29, 1.82) is 0 Å². The van der Waals surface area contributed by atoms with Crippen LogP contribution in [0.4, 0.5) is 0 Å². The highest BCUT2D eigenvalue weighted by Gasteiger charge is 2.18. The molecule has 0 aromatic heterocycles. The molecule has 110 valence electrons. The topological polar surface area (TPSA) is 46.5 Å². The Balaban J connectivity index is 2.56. The Morgan fingerprint density at radius 2 is 1.95 bits per heavy atom. The number of ether oxygens (including phenoxy) is 1. The Kier molecular flexibility index (Phi) is 7.66. The Hall–Kier alpha value is -1.61. The van der Waals surface area contributed by atoms with Gasteiger partial charge in [-0.2, -0.15) is 0 Å². The summed E-state index contributed by atoms with van der Waals surface area (Å²) in [6, 6.07) is 8.89. The van der Waals surface area contributed by atoms with Gasteiger partial charge in [-0.3, -0.25) is 0 Å². The average molecular weight is 276 g/mol. The number of carbonyl (C=O) groups excluding carboxylic acids is 1. The predicted molar refractivity (Wildman–Crippen MR) is 80.6 cm³/mol. The van der Waals surface area contributed by atoms with Gasteiger partial charge in [0.15, 0.2) is 0 Å². The summed E-state index contributed by atoms with van der Waals surface area (Å²) in [5.74, 6) is -0.360. The SMILES string of the molecule is C=C(CO)C(CCCCCC)OC(=O)c1ccccc1. The Bertz CT molecular complexity index is 412. The Morgan fingerprint density at radius 1 is 1.25 bits per heavy atom. The van der Waals surface area contributed by atoms with Crippen LogP contribution < -0.4 is 0 Å². The van der Waals surface area contributed by atoms with Crippen molar-refractivity contribution in [3.05, 3.63) is 48.0 Å². The molecule has 0 amide bonds. The first-order chi connectivity index (χ1) is 9.69. The second kappa shape index (κ2) is 9.32. The minimum absolute atomic E-state index is 0.152. The number of benzene rings is 1. The molecule has 0 aliphatic rings. The molecule has 0 spiro atoms. The summed E-state index contributed by atoms with van der Waals surface area (Å²) >= 11 is 0. The third kappa shape index (κ3) is 5.57. The maximum absolute atomic E-state index is 12.0. The lowest BCUT2D eigenvalue weighted by Gasteiger charge is -2.19. The van der Waals surface area contributed by atoms with Crippen molar-refractivity contribution in [1.82, 2.24) is 0 Å². The summed E-state index contributed by atoms with van der Waals surface area (Å²) in [4.78, 5) is 12.0. The van der Waals surface area contributed by atoms with Crippen LogP contribution in [0.3, 0.4) is 0 Å². The van der Waals surface area contributed by atoms with Crippen molar-refractivity contribution in [3.8, 4) is 0 Å². The smallest absolute Gasteiger partial charge is 0.338 e. The first-order valence-corrected chi connectivity index (χ1v) is 7.23. The molecule has 3 nitrogen and oxygen atoms in total. The molecule has 20 heavy (non-hydrogen) atoms. The highest BCUT2D eigenvalue weighted by Crippen LogP contribution is 2.16. The Labute approximate surface area is 121 Å². The predicted octanol–water partition coefficient (Wildman–Crippen LogP) is 3.73. The van der Waals surface area contributed by atoms with Crippen LogP contribution in [-0.2, 0) is 4.74 Å². The number of aliphatic hydroxyl groups excluding tert-OH is 1. The zero-order chi connectivity index (χ0) is 14.8. The van der Waals surface area contributed by atoms with Crippen molar-refractivity contribution < 1.29 is 14.6 Å². The minimum Gasteiger partial charge on any atom is -0.454 e. The molecule has 1 unspecified atom stereocenters. The van der Waals surface area contributed by atoms with Crippen molar-refractivity contribution in [2.24, 2.45) is 0 Å². The standard InChI is InChI=1S/C17H24O3/c1-3-4-5-9-12-16(14(2)13-18)20-17(19)15-10-7-6-8-11-15/h6-8,10-11,16,18H,2-5,9,12-13H2,1H3. The van der Waals surface area contributed by atoms with Crippen molar-refractivity contribution in [2.45, 2.75) is 45.1 Å². The van der Waals surface area contributed by atoms with Gasteiger partial charge in [-0.25, -0.2) is 4.79 Å². The molecule has 0 heterocycles. The average Bonchev–Trinajstić information content (AvgIpc) is 2.50. The van der Waals surface area contributed by atoms with Crippen LogP contribution in [0.2, 0.25) is 0 Å². The molecule has 0 saturated heterocycles. The van der Waals surface area contributed by atoms with Crippen LogP contribution in [0.25, 0.3) is 0 Å². The van der Waals surface area contributed by atoms with Crippen LogP contribution in [0, 0.1) is 0 Å². The molecule has 1 rings (SSSR count). The Morgan fingerprint density at radius 3 is 2.55 bits per heavy atom. The van der Waals surface area contributed by atoms with E-state index in [0.29, 0.717) is 11.1 Å². The van der Waals surface area contributed by atoms with E-state index < -0.39 is 6.10 Å². The number of unbranched alkanes of at least 4 members (excludes halogenated alkanes) is 3. The second-order valence-electron chi connectivity index (χ2n) is 4.93. The van der Waals surface area contributed by atoms with Crippen LogP contribution in [0.5, 0.6) is 0 Å². The van der Waals surface area contributed by atoms with Gasteiger partial charge in [-0.15, -0.1) is 0 Å². The number of hydrogen-bond acceptors (Lipinski definition) is 3. The molecular weight excluding hydrogens is 252 g/mol. The molecule has 0 aliphatic carbocycles. The van der Waals surface area contributed by atoms with E-state index in [1.54, 1.807) is 24.3 Å². The third-order valence-electron chi connectivity index (χ3n) is 3.24. The quantitative estimate of drug-likeness (QED) is 0.424. The molecule has 0 bridgehead atoms. The van der Waals surface area contributed by atoms with Crippen LogP contribution in [0.15, 0.2) is 42.5 Å². The lowest BCUT2D eigenvalue weighted by molar-refractivity contribution is 0.0335. The fourth-order valence-electron chi connectivity index (χ4n) is 1.98. The lowest BCUT2D eigenvalue weighted by atomic mass is 10.0. The van der Waals surface area contributed by atoms with Gasteiger partial charge in [0.05, 0.1) is 12.2 Å². The van der Waals surface area contributed by atoms with E-state index in [4.69, 9.17) is 4.74 Å². The zero-order valence-electron chi connectivity index (χ0n) is 12.2. The lowest BCUT2D eigenvalue weighted by Crippen LogP contribution is -2.22. The molecule has 1 aromatic rings. The van der Waals surface area contributed by atoms with Crippen LogP contribution >= 0.6 is 0 Å². The number of rotatable bonds is 9. The van der Waals surface area contributed by atoms with E-state index in [1.807, 2.05) is 6.07 Å². The minimum atomic E-state index is -0.399. The number of esters is 1. The molecule has 1 N–H and O–H groups in total. The van der Waals surface area contributed by atoms with Crippen molar-refractivity contribution >= 4 is 5.97 Å². The third-order valence-corrected chi connectivity index (χ3v) is 3.24. The molecular formula is C17H24O3. The largest absolute Gasteiger partial charge is 0.454 e. The summed E-state index contributed by atoms with van der Waals surface area (Å²) in [5.41, 5.74) is 1.09. The van der Waals surface area contributed by atoms with E-state index in [0.717, 1.165) is 25.7 Å². The molecule has 0 aliphatic heterocycles. The van der Waals surface area contributed by atoms with Gasteiger partial charge >= 0.3 is 5.97 Å². The molecule has 1 aromatic carbocycles. The molecule has 0 saturated carbocycles. The first kappa shape index (κ1) is 16.4. The normalized spacial score (nSPS) is 11.9. The van der Waals surface area contributed by atoms with Gasteiger partial charge in [0.2, 0.25) is 0 Å². The fourth-order valence-corrected chi connectivity index (χ4v) is 1.98. The molecule has 0 fully saturated rings.